The van der Waals surface area contributed by atoms with Crippen LogP contribution in [0.5, 0.6) is 0 Å². The van der Waals surface area contributed by atoms with Crippen LogP contribution in [0.15, 0.2) is 11.4 Å². The van der Waals surface area contributed by atoms with E-state index in [-0.39, 0.29) is 31.0 Å². The van der Waals surface area contributed by atoms with Gasteiger partial charge < -0.3 is 9.64 Å². The van der Waals surface area contributed by atoms with Gasteiger partial charge in [0.1, 0.15) is 5.00 Å². The smallest absolute Gasteiger partial charge is 0.341 e. The van der Waals surface area contributed by atoms with Crippen LogP contribution in [0.2, 0.25) is 0 Å². The van der Waals surface area contributed by atoms with Gasteiger partial charge in [-0.05, 0) is 18.4 Å². The third kappa shape index (κ3) is 3.79. The zero-order valence-electron chi connectivity index (χ0n) is 11.2. The highest BCUT2D eigenvalue weighted by atomic mass is 32.3. The molecule has 0 aromatic carbocycles. The molecule has 2 rings (SSSR count). The number of nitrogens with zero attached hydrogens (tertiary/aromatic N) is 1. The molecule has 1 atom stereocenters. The lowest BCUT2D eigenvalue weighted by atomic mass is 10.1. The number of carbonyl (C=O) groups excluding carboxylic acids is 2. The van der Waals surface area contributed by atoms with Crippen molar-refractivity contribution >= 4 is 38.4 Å². The predicted octanol–water partition coefficient (Wildman–Crippen LogP) is 1.58. The fourth-order valence-corrected chi connectivity index (χ4v) is 3.95. The predicted molar refractivity (Wildman–Crippen MR) is 75.6 cm³/mol. The molecule has 0 aliphatic carbocycles. The number of carbonyl (C=O) groups is 2. The van der Waals surface area contributed by atoms with Crippen molar-refractivity contribution in [1.82, 2.24) is 0 Å². The van der Waals surface area contributed by atoms with E-state index in [1.54, 1.807) is 18.4 Å². The van der Waals surface area contributed by atoms with E-state index in [1.165, 1.54) is 16.2 Å². The summed E-state index contributed by atoms with van der Waals surface area (Å²) >= 11 is 1.19. The van der Waals surface area contributed by atoms with Crippen molar-refractivity contribution in [2.24, 2.45) is 5.92 Å². The van der Waals surface area contributed by atoms with Crippen LogP contribution < -0.4 is 4.90 Å². The highest BCUT2D eigenvalue weighted by Crippen LogP contribution is 2.33. The summed E-state index contributed by atoms with van der Waals surface area (Å²) in [6.07, 6.45) is -0.0523. The molecule has 1 amide bonds. The first-order chi connectivity index (χ1) is 9.81. The maximum atomic E-state index is 12.7. The van der Waals surface area contributed by atoms with Gasteiger partial charge >= 0.3 is 16.2 Å². The number of halogens is 1. The van der Waals surface area contributed by atoms with Crippen LogP contribution in [-0.4, -0.2) is 39.2 Å². The molecule has 0 saturated carbocycles. The Morgan fingerprint density at radius 2 is 2.29 bits per heavy atom. The summed E-state index contributed by atoms with van der Waals surface area (Å²) < 4.78 is 39.0. The third-order valence-electron chi connectivity index (χ3n) is 3.03. The second-order valence-electron chi connectivity index (χ2n) is 4.64. The SMILES string of the molecule is CCOC(=O)c1ccsc1N1CC(CS(=O)(=O)F)CC1=O. The fraction of sp³-hybridized carbons (Fsp3) is 0.500. The molecule has 1 aliphatic rings. The topological polar surface area (TPSA) is 80.8 Å². The quantitative estimate of drug-likeness (QED) is 0.603. The fourth-order valence-electron chi connectivity index (χ4n) is 2.25. The Bertz CT molecular complexity index is 654. The monoisotopic (exact) mass is 335 g/mol. The van der Waals surface area contributed by atoms with Gasteiger partial charge in [-0.2, -0.15) is 8.42 Å². The molecular formula is C12H14FNO5S2. The van der Waals surface area contributed by atoms with Gasteiger partial charge in [0.2, 0.25) is 5.91 Å². The Labute approximate surface area is 125 Å². The van der Waals surface area contributed by atoms with Crippen molar-refractivity contribution in [1.29, 1.82) is 0 Å². The second kappa shape index (κ2) is 6.10. The van der Waals surface area contributed by atoms with Crippen molar-refractivity contribution in [3.05, 3.63) is 17.0 Å². The largest absolute Gasteiger partial charge is 0.462 e. The van der Waals surface area contributed by atoms with Gasteiger partial charge in [-0.25, -0.2) is 4.79 Å². The van der Waals surface area contributed by atoms with E-state index in [1.807, 2.05) is 0 Å². The lowest BCUT2D eigenvalue weighted by Crippen LogP contribution is -2.26. The van der Waals surface area contributed by atoms with E-state index in [2.05, 4.69) is 0 Å². The number of amides is 1. The highest BCUT2D eigenvalue weighted by molar-refractivity contribution is 7.86. The Hall–Kier alpha value is -1.48. The maximum absolute atomic E-state index is 12.7. The molecule has 21 heavy (non-hydrogen) atoms. The molecule has 0 bridgehead atoms. The van der Waals surface area contributed by atoms with Crippen molar-refractivity contribution < 1.29 is 26.6 Å². The Balaban J connectivity index is 2.18. The molecule has 116 valence electrons. The van der Waals surface area contributed by atoms with Crippen LogP contribution in [0.25, 0.3) is 0 Å². The number of esters is 1. The number of hydrogen-bond acceptors (Lipinski definition) is 6. The normalized spacial score (nSPS) is 19.0. The van der Waals surface area contributed by atoms with Gasteiger partial charge in [0, 0.05) is 18.9 Å². The van der Waals surface area contributed by atoms with Crippen molar-refractivity contribution in [2.75, 3.05) is 23.8 Å². The first-order valence-corrected chi connectivity index (χ1v) is 8.72. The average Bonchev–Trinajstić information content (AvgIpc) is 2.93. The summed E-state index contributed by atoms with van der Waals surface area (Å²) in [5, 5.41) is 2.06. The Kier molecular flexibility index (Phi) is 4.62. The van der Waals surface area contributed by atoms with E-state index < -0.39 is 27.9 Å². The summed E-state index contributed by atoms with van der Waals surface area (Å²) in [5.41, 5.74) is 0.263. The molecule has 6 nitrogen and oxygen atoms in total. The van der Waals surface area contributed by atoms with Crippen molar-refractivity contribution in [2.45, 2.75) is 13.3 Å². The molecule has 0 radical (unpaired) electrons. The minimum Gasteiger partial charge on any atom is -0.462 e. The number of anilines is 1. The number of thiophene rings is 1. The van der Waals surface area contributed by atoms with E-state index in [0.29, 0.717) is 5.00 Å². The summed E-state index contributed by atoms with van der Waals surface area (Å²) in [6, 6.07) is 1.55. The lowest BCUT2D eigenvalue weighted by Gasteiger charge is -2.16. The van der Waals surface area contributed by atoms with Crippen molar-refractivity contribution in [3.8, 4) is 0 Å². The van der Waals surface area contributed by atoms with Crippen LogP contribution in [0.4, 0.5) is 8.89 Å². The molecule has 0 N–H and O–H groups in total. The summed E-state index contributed by atoms with van der Waals surface area (Å²) in [6.45, 7) is 1.97. The zero-order chi connectivity index (χ0) is 15.6. The van der Waals surface area contributed by atoms with E-state index in [0.717, 1.165) is 0 Å². The third-order valence-corrected chi connectivity index (χ3v) is 4.83. The van der Waals surface area contributed by atoms with Gasteiger partial charge in [0.05, 0.1) is 17.9 Å². The molecule has 1 aliphatic heterocycles. The van der Waals surface area contributed by atoms with Crippen LogP contribution in [0.1, 0.15) is 23.7 Å². The molecule has 1 fully saturated rings. The minimum absolute atomic E-state index is 0.0523. The zero-order valence-corrected chi connectivity index (χ0v) is 12.9. The van der Waals surface area contributed by atoms with E-state index in [9.17, 15) is 21.9 Å². The molecule has 1 unspecified atom stereocenters. The Morgan fingerprint density at radius 3 is 2.90 bits per heavy atom. The van der Waals surface area contributed by atoms with Gasteiger partial charge in [-0.3, -0.25) is 4.79 Å². The minimum atomic E-state index is -4.63. The number of ether oxygens (including phenoxy) is 1. The van der Waals surface area contributed by atoms with Crippen LogP contribution in [0, 0.1) is 5.92 Å². The molecular weight excluding hydrogens is 321 g/mol. The van der Waals surface area contributed by atoms with Gasteiger partial charge in [-0.15, -0.1) is 15.2 Å². The first kappa shape index (κ1) is 15.9. The average molecular weight is 335 g/mol. The maximum Gasteiger partial charge on any atom is 0.341 e. The second-order valence-corrected chi connectivity index (χ2v) is 6.95. The molecule has 1 aromatic rings. The summed E-state index contributed by atoms with van der Waals surface area (Å²) in [7, 11) is -4.63. The summed E-state index contributed by atoms with van der Waals surface area (Å²) in [4.78, 5) is 25.1. The molecule has 0 spiro atoms. The van der Waals surface area contributed by atoms with Gasteiger partial charge in [0.25, 0.3) is 0 Å². The standard InChI is InChI=1S/C12H14FNO5S2/c1-2-19-12(16)9-3-4-20-11(9)14-6-8(5-10(14)15)7-21(13,17)18/h3-4,8H,2,5-7H2,1H3. The highest BCUT2D eigenvalue weighted by Gasteiger charge is 2.36. The number of hydrogen-bond donors (Lipinski definition) is 0. The van der Waals surface area contributed by atoms with Crippen LogP contribution in [-0.2, 0) is 19.8 Å². The van der Waals surface area contributed by atoms with Crippen LogP contribution in [0.3, 0.4) is 0 Å². The van der Waals surface area contributed by atoms with Crippen LogP contribution >= 0.6 is 11.3 Å². The van der Waals surface area contributed by atoms with E-state index in [4.69, 9.17) is 4.74 Å². The Morgan fingerprint density at radius 1 is 1.57 bits per heavy atom. The molecule has 9 heteroatoms. The molecule has 1 aromatic heterocycles. The van der Waals surface area contributed by atoms with Gasteiger partial charge in [0.15, 0.2) is 0 Å². The van der Waals surface area contributed by atoms with E-state index >= 15 is 0 Å². The molecule has 1 saturated heterocycles. The summed E-state index contributed by atoms with van der Waals surface area (Å²) in [5.74, 6) is -2.15. The van der Waals surface area contributed by atoms with Gasteiger partial charge in [-0.1, -0.05) is 0 Å². The van der Waals surface area contributed by atoms with Crippen molar-refractivity contribution in [3.63, 3.8) is 0 Å². The number of rotatable bonds is 5. The lowest BCUT2D eigenvalue weighted by molar-refractivity contribution is -0.117. The molecule has 2 heterocycles. The first-order valence-electron chi connectivity index (χ1n) is 6.29.